The number of ether oxygens (including phenoxy) is 1. The summed E-state index contributed by atoms with van der Waals surface area (Å²) in [4.78, 5) is 17.4. The van der Waals surface area contributed by atoms with E-state index >= 15 is 0 Å². The molecule has 1 heterocycles. The molecule has 17 heavy (non-hydrogen) atoms. The number of benzene rings is 1. The third-order valence-corrected chi connectivity index (χ3v) is 3.18. The predicted molar refractivity (Wildman–Crippen MR) is 66.1 cm³/mol. The van der Waals surface area contributed by atoms with Gasteiger partial charge in [-0.3, -0.25) is 0 Å². The molecule has 0 fully saturated rings. The molecule has 0 unspecified atom stereocenters. The van der Waals surface area contributed by atoms with E-state index < -0.39 is 5.97 Å². The number of carbonyl (C=O) groups is 1. The van der Waals surface area contributed by atoms with Gasteiger partial charge in [-0.2, -0.15) is 0 Å². The second-order valence-electron chi connectivity index (χ2n) is 3.26. The van der Waals surface area contributed by atoms with Crippen LogP contribution >= 0.6 is 11.8 Å². The van der Waals surface area contributed by atoms with Crippen LogP contribution in [-0.4, -0.2) is 18.1 Å². The number of esters is 1. The zero-order valence-corrected chi connectivity index (χ0v) is 10.1. The van der Waals surface area contributed by atoms with Crippen LogP contribution in [0.25, 0.3) is 0 Å². The zero-order valence-electron chi connectivity index (χ0n) is 9.29. The smallest absolute Gasteiger partial charge is 0.357 e. The second-order valence-corrected chi connectivity index (χ2v) is 4.37. The summed E-state index contributed by atoms with van der Waals surface area (Å²) in [7, 11) is 1.36. The van der Waals surface area contributed by atoms with Gasteiger partial charge in [0.15, 0.2) is 5.69 Å². The summed E-state index contributed by atoms with van der Waals surface area (Å²) in [5.74, 6) is -0.413. The monoisotopic (exact) mass is 245 g/mol. The van der Waals surface area contributed by atoms with E-state index in [1.807, 2.05) is 36.4 Å². The largest absolute Gasteiger partial charge is 0.464 e. The average Bonchev–Trinajstić information content (AvgIpc) is 2.40. The van der Waals surface area contributed by atoms with E-state index in [4.69, 9.17) is 4.74 Å². The number of carbonyl (C=O) groups excluding carboxylic acids is 1. The third kappa shape index (κ3) is 2.85. The van der Waals surface area contributed by atoms with Gasteiger partial charge in [0.05, 0.1) is 7.11 Å². The Labute approximate surface area is 104 Å². The lowest BCUT2D eigenvalue weighted by Gasteiger charge is -2.05. The SMILES string of the molecule is COC(=O)c1ncccc1Sc1ccccc1. The highest BCUT2D eigenvalue weighted by Gasteiger charge is 2.13. The maximum atomic E-state index is 11.5. The van der Waals surface area contributed by atoms with Crippen molar-refractivity contribution < 1.29 is 9.53 Å². The van der Waals surface area contributed by atoms with Crippen molar-refractivity contribution in [1.82, 2.24) is 4.98 Å². The van der Waals surface area contributed by atoms with Gasteiger partial charge in [-0.05, 0) is 24.3 Å². The lowest BCUT2D eigenvalue weighted by Crippen LogP contribution is -2.05. The molecule has 0 aliphatic heterocycles. The van der Waals surface area contributed by atoms with Crippen LogP contribution in [0, 0.1) is 0 Å². The molecule has 0 aliphatic carbocycles. The highest BCUT2D eigenvalue weighted by Crippen LogP contribution is 2.29. The number of rotatable bonds is 3. The Kier molecular flexibility index (Phi) is 3.77. The molecule has 0 radical (unpaired) electrons. The first-order valence-electron chi connectivity index (χ1n) is 5.07. The van der Waals surface area contributed by atoms with Crippen LogP contribution in [0.1, 0.15) is 10.5 Å². The summed E-state index contributed by atoms with van der Waals surface area (Å²) in [6.45, 7) is 0. The zero-order chi connectivity index (χ0) is 12.1. The maximum Gasteiger partial charge on any atom is 0.357 e. The fourth-order valence-electron chi connectivity index (χ4n) is 1.34. The Morgan fingerprint density at radius 1 is 1.18 bits per heavy atom. The van der Waals surface area contributed by atoms with E-state index in [0.717, 1.165) is 9.79 Å². The first kappa shape index (κ1) is 11.7. The van der Waals surface area contributed by atoms with Crippen molar-refractivity contribution in [2.45, 2.75) is 9.79 Å². The topological polar surface area (TPSA) is 39.2 Å². The summed E-state index contributed by atoms with van der Waals surface area (Å²) >= 11 is 1.49. The number of nitrogens with zero attached hydrogens (tertiary/aromatic N) is 1. The molecule has 2 rings (SSSR count). The molecular formula is C13H11NO2S. The molecule has 0 aliphatic rings. The van der Waals surface area contributed by atoms with Crippen LogP contribution in [0.2, 0.25) is 0 Å². The molecule has 0 saturated carbocycles. The highest BCUT2D eigenvalue weighted by molar-refractivity contribution is 7.99. The molecule has 1 aromatic carbocycles. The number of aromatic nitrogens is 1. The van der Waals surface area contributed by atoms with Crippen molar-refractivity contribution >= 4 is 17.7 Å². The lowest BCUT2D eigenvalue weighted by atomic mass is 10.3. The van der Waals surface area contributed by atoms with E-state index in [1.54, 1.807) is 12.3 Å². The van der Waals surface area contributed by atoms with Crippen LogP contribution < -0.4 is 0 Å². The van der Waals surface area contributed by atoms with Gasteiger partial charge in [-0.1, -0.05) is 30.0 Å². The van der Waals surface area contributed by atoms with Gasteiger partial charge in [0, 0.05) is 16.0 Å². The Balaban J connectivity index is 2.30. The van der Waals surface area contributed by atoms with E-state index in [2.05, 4.69) is 4.98 Å². The molecule has 0 atom stereocenters. The fourth-order valence-corrected chi connectivity index (χ4v) is 2.26. The number of pyridine rings is 1. The van der Waals surface area contributed by atoms with E-state index in [1.165, 1.54) is 18.9 Å². The van der Waals surface area contributed by atoms with E-state index in [-0.39, 0.29) is 0 Å². The molecular weight excluding hydrogens is 234 g/mol. The van der Waals surface area contributed by atoms with Crippen LogP contribution in [0.5, 0.6) is 0 Å². The lowest BCUT2D eigenvalue weighted by molar-refractivity contribution is 0.0589. The summed E-state index contributed by atoms with van der Waals surface area (Å²) in [5.41, 5.74) is 0.351. The Bertz CT molecular complexity index is 514. The first-order valence-corrected chi connectivity index (χ1v) is 5.89. The minimum absolute atomic E-state index is 0.351. The number of hydrogen-bond acceptors (Lipinski definition) is 4. The van der Waals surface area contributed by atoms with Crippen molar-refractivity contribution in [2.75, 3.05) is 7.11 Å². The summed E-state index contributed by atoms with van der Waals surface area (Å²) in [6, 6.07) is 13.5. The third-order valence-electron chi connectivity index (χ3n) is 2.12. The molecule has 0 N–H and O–H groups in total. The quantitative estimate of drug-likeness (QED) is 0.779. The van der Waals surface area contributed by atoms with Gasteiger partial charge < -0.3 is 4.74 Å². The van der Waals surface area contributed by atoms with Crippen molar-refractivity contribution in [1.29, 1.82) is 0 Å². The molecule has 3 nitrogen and oxygen atoms in total. The van der Waals surface area contributed by atoms with Gasteiger partial charge in [-0.15, -0.1) is 0 Å². The minimum atomic E-state index is -0.413. The van der Waals surface area contributed by atoms with Crippen molar-refractivity contribution in [3.05, 3.63) is 54.4 Å². The standard InChI is InChI=1S/C13H11NO2S/c1-16-13(15)12-11(8-5-9-14-12)17-10-6-3-2-4-7-10/h2-9H,1H3. The molecule has 2 aromatic rings. The molecule has 0 bridgehead atoms. The Hall–Kier alpha value is -1.81. The predicted octanol–water partition coefficient (Wildman–Crippen LogP) is 3.02. The molecule has 0 amide bonds. The van der Waals surface area contributed by atoms with Gasteiger partial charge in [0.25, 0.3) is 0 Å². The summed E-state index contributed by atoms with van der Waals surface area (Å²) in [5, 5.41) is 0. The minimum Gasteiger partial charge on any atom is -0.464 e. The number of hydrogen-bond donors (Lipinski definition) is 0. The van der Waals surface area contributed by atoms with Crippen LogP contribution in [0.3, 0.4) is 0 Å². The van der Waals surface area contributed by atoms with Gasteiger partial charge in [0.1, 0.15) is 0 Å². The summed E-state index contributed by atoms with van der Waals surface area (Å²) < 4.78 is 4.70. The highest BCUT2D eigenvalue weighted by atomic mass is 32.2. The summed E-state index contributed by atoms with van der Waals surface area (Å²) in [6.07, 6.45) is 1.58. The normalized spacial score (nSPS) is 9.94. The molecule has 4 heteroatoms. The molecule has 0 spiro atoms. The van der Waals surface area contributed by atoms with Gasteiger partial charge >= 0.3 is 5.97 Å². The van der Waals surface area contributed by atoms with Gasteiger partial charge in [-0.25, -0.2) is 9.78 Å². The van der Waals surface area contributed by atoms with Crippen LogP contribution in [-0.2, 0) is 4.74 Å². The first-order chi connectivity index (χ1) is 8.31. The molecule has 86 valence electrons. The molecule has 1 aromatic heterocycles. The second kappa shape index (κ2) is 5.50. The van der Waals surface area contributed by atoms with E-state index in [9.17, 15) is 4.79 Å². The van der Waals surface area contributed by atoms with Crippen molar-refractivity contribution in [3.63, 3.8) is 0 Å². The van der Waals surface area contributed by atoms with Crippen LogP contribution in [0.15, 0.2) is 58.5 Å². The number of methoxy groups -OCH3 is 1. The van der Waals surface area contributed by atoms with Gasteiger partial charge in [0.2, 0.25) is 0 Å². The fraction of sp³-hybridized carbons (Fsp3) is 0.0769. The van der Waals surface area contributed by atoms with Crippen molar-refractivity contribution in [3.8, 4) is 0 Å². The Morgan fingerprint density at radius 3 is 2.65 bits per heavy atom. The van der Waals surface area contributed by atoms with E-state index in [0.29, 0.717) is 5.69 Å². The van der Waals surface area contributed by atoms with Crippen LogP contribution in [0.4, 0.5) is 0 Å². The molecule has 0 saturated heterocycles. The Morgan fingerprint density at radius 2 is 1.94 bits per heavy atom. The average molecular weight is 245 g/mol. The van der Waals surface area contributed by atoms with Crippen molar-refractivity contribution in [2.24, 2.45) is 0 Å². The maximum absolute atomic E-state index is 11.5.